The molecule has 1 unspecified atom stereocenters. The first-order chi connectivity index (χ1) is 8.99. The molecule has 104 valence electrons. The van der Waals surface area contributed by atoms with Crippen LogP contribution in [-0.2, 0) is 0 Å². The van der Waals surface area contributed by atoms with E-state index in [-0.39, 0.29) is 17.3 Å². The molecule has 0 aliphatic carbocycles. The molecule has 1 heterocycles. The Hall–Kier alpha value is -1.69. The lowest BCUT2D eigenvalue weighted by Crippen LogP contribution is -2.38. The Morgan fingerprint density at radius 2 is 2.16 bits per heavy atom. The summed E-state index contributed by atoms with van der Waals surface area (Å²) >= 11 is 0. The van der Waals surface area contributed by atoms with Gasteiger partial charge in [0.05, 0.1) is 5.56 Å². The predicted octanol–water partition coefficient (Wildman–Crippen LogP) is 1.37. The zero-order valence-electron chi connectivity index (χ0n) is 10.7. The predicted molar refractivity (Wildman–Crippen MR) is 68.8 cm³/mol. The summed E-state index contributed by atoms with van der Waals surface area (Å²) in [6, 6.07) is 1.94. The number of likely N-dealkylation sites (tertiary alicyclic amines) is 1. The fraction of sp³-hybridized carbons (Fsp3) is 0.462. The third kappa shape index (κ3) is 3.01. The molecule has 1 aliphatic rings. The molecule has 1 aromatic carbocycles. The van der Waals surface area contributed by atoms with Gasteiger partial charge in [0.15, 0.2) is 11.6 Å². The maximum Gasteiger partial charge on any atom is 0.253 e. The van der Waals surface area contributed by atoms with E-state index in [9.17, 15) is 13.6 Å². The van der Waals surface area contributed by atoms with Gasteiger partial charge in [-0.1, -0.05) is 0 Å². The van der Waals surface area contributed by atoms with Crippen LogP contribution in [0.25, 0.3) is 0 Å². The number of hydrogen-bond donors (Lipinski definition) is 2. The minimum atomic E-state index is -1.07. The minimum Gasteiger partial charge on any atom is -0.398 e. The van der Waals surface area contributed by atoms with E-state index in [1.165, 1.54) is 0 Å². The molecule has 1 atom stereocenters. The quantitative estimate of drug-likeness (QED) is 0.815. The molecule has 1 fully saturated rings. The first-order valence-corrected chi connectivity index (χ1v) is 6.22. The van der Waals surface area contributed by atoms with E-state index in [0.717, 1.165) is 31.5 Å². The largest absolute Gasteiger partial charge is 0.398 e. The second kappa shape index (κ2) is 5.52. The lowest BCUT2D eigenvalue weighted by Gasteiger charge is -2.19. The van der Waals surface area contributed by atoms with Crippen molar-refractivity contribution in [1.82, 2.24) is 10.2 Å². The molecule has 1 aliphatic heterocycles. The number of carbonyl (C=O) groups is 1. The SMILES string of the molecule is CN1CCCC1CNC(=O)c1cc(F)c(F)cc1N. The number of nitrogens with zero attached hydrogens (tertiary/aromatic N) is 1. The van der Waals surface area contributed by atoms with Crippen LogP contribution in [0.4, 0.5) is 14.5 Å². The second-order valence-electron chi connectivity index (χ2n) is 4.84. The van der Waals surface area contributed by atoms with Crippen LogP contribution in [-0.4, -0.2) is 37.0 Å². The van der Waals surface area contributed by atoms with Crippen molar-refractivity contribution in [2.45, 2.75) is 18.9 Å². The molecule has 0 radical (unpaired) electrons. The Morgan fingerprint density at radius 3 is 2.79 bits per heavy atom. The van der Waals surface area contributed by atoms with Gasteiger partial charge in [0.2, 0.25) is 0 Å². The number of benzene rings is 1. The van der Waals surface area contributed by atoms with Gasteiger partial charge in [-0.15, -0.1) is 0 Å². The van der Waals surface area contributed by atoms with Crippen LogP contribution in [0, 0.1) is 11.6 Å². The molecular weight excluding hydrogens is 252 g/mol. The van der Waals surface area contributed by atoms with E-state index < -0.39 is 17.5 Å². The lowest BCUT2D eigenvalue weighted by atomic mass is 10.1. The molecular formula is C13H17F2N3O. The molecule has 4 nitrogen and oxygen atoms in total. The number of halogens is 2. The zero-order chi connectivity index (χ0) is 14.0. The summed E-state index contributed by atoms with van der Waals surface area (Å²) in [5.41, 5.74) is 5.44. The van der Waals surface area contributed by atoms with Gasteiger partial charge in [-0.2, -0.15) is 0 Å². The average Bonchev–Trinajstić information content (AvgIpc) is 2.76. The number of nitrogens with two attached hydrogens (primary N) is 1. The Balaban J connectivity index is 2.02. The standard InChI is InChI=1S/C13H17F2N3O/c1-18-4-2-3-8(18)7-17-13(19)9-5-10(14)11(15)6-12(9)16/h5-6,8H,2-4,7,16H2,1H3,(H,17,19). The van der Waals surface area contributed by atoms with Crippen molar-refractivity contribution in [2.75, 3.05) is 25.9 Å². The lowest BCUT2D eigenvalue weighted by molar-refractivity contribution is 0.0944. The Kier molecular flexibility index (Phi) is 3.99. The van der Waals surface area contributed by atoms with Crippen LogP contribution in [0.3, 0.4) is 0 Å². The van der Waals surface area contributed by atoms with Gasteiger partial charge < -0.3 is 16.0 Å². The first kappa shape index (κ1) is 13.7. The van der Waals surface area contributed by atoms with Crippen LogP contribution < -0.4 is 11.1 Å². The number of nitrogens with one attached hydrogen (secondary N) is 1. The molecule has 1 aromatic rings. The van der Waals surface area contributed by atoms with Gasteiger partial charge in [0.25, 0.3) is 5.91 Å². The molecule has 3 N–H and O–H groups in total. The Bertz CT molecular complexity index is 493. The number of amides is 1. The van der Waals surface area contributed by atoms with E-state index >= 15 is 0 Å². The number of likely N-dealkylation sites (N-methyl/N-ethyl adjacent to an activating group) is 1. The number of anilines is 1. The summed E-state index contributed by atoms with van der Waals surface area (Å²) in [6.07, 6.45) is 2.12. The number of hydrogen-bond acceptors (Lipinski definition) is 3. The van der Waals surface area contributed by atoms with Gasteiger partial charge in [0.1, 0.15) is 0 Å². The second-order valence-corrected chi connectivity index (χ2v) is 4.84. The number of nitrogen functional groups attached to an aromatic ring is 1. The highest BCUT2D eigenvalue weighted by Crippen LogP contribution is 2.18. The first-order valence-electron chi connectivity index (χ1n) is 6.22. The van der Waals surface area contributed by atoms with E-state index in [1.54, 1.807) is 0 Å². The molecule has 0 aromatic heterocycles. The number of carbonyl (C=O) groups excluding carboxylic acids is 1. The maximum absolute atomic E-state index is 13.1. The van der Waals surface area contributed by atoms with Crippen molar-refractivity contribution in [1.29, 1.82) is 0 Å². The zero-order valence-corrected chi connectivity index (χ0v) is 10.7. The van der Waals surface area contributed by atoms with Crippen molar-refractivity contribution in [2.24, 2.45) is 0 Å². The minimum absolute atomic E-state index is 0.0282. The van der Waals surface area contributed by atoms with Crippen molar-refractivity contribution >= 4 is 11.6 Å². The Morgan fingerprint density at radius 1 is 1.47 bits per heavy atom. The summed E-state index contributed by atoms with van der Waals surface area (Å²) < 4.78 is 26.0. The van der Waals surface area contributed by atoms with E-state index in [4.69, 9.17) is 5.73 Å². The van der Waals surface area contributed by atoms with E-state index in [2.05, 4.69) is 10.2 Å². The van der Waals surface area contributed by atoms with Crippen LogP contribution in [0.1, 0.15) is 23.2 Å². The normalized spacial score (nSPS) is 19.6. The van der Waals surface area contributed by atoms with Gasteiger partial charge in [0, 0.05) is 24.3 Å². The molecule has 19 heavy (non-hydrogen) atoms. The summed E-state index contributed by atoms with van der Waals surface area (Å²) in [7, 11) is 2.00. The van der Waals surface area contributed by atoms with E-state index in [1.807, 2.05) is 7.05 Å². The maximum atomic E-state index is 13.1. The monoisotopic (exact) mass is 269 g/mol. The highest BCUT2D eigenvalue weighted by molar-refractivity contribution is 5.99. The van der Waals surface area contributed by atoms with Crippen LogP contribution >= 0.6 is 0 Å². The smallest absolute Gasteiger partial charge is 0.253 e. The van der Waals surface area contributed by atoms with Gasteiger partial charge in [-0.05, 0) is 32.5 Å². The molecule has 1 amide bonds. The summed E-state index contributed by atoms with van der Waals surface area (Å²) in [5.74, 6) is -2.60. The van der Waals surface area contributed by atoms with Crippen molar-refractivity contribution in [3.63, 3.8) is 0 Å². The summed E-state index contributed by atoms with van der Waals surface area (Å²) in [6.45, 7) is 1.49. The molecule has 0 saturated carbocycles. The van der Waals surface area contributed by atoms with Crippen LogP contribution in [0.15, 0.2) is 12.1 Å². The fourth-order valence-electron chi connectivity index (χ4n) is 2.30. The molecule has 0 spiro atoms. The highest BCUT2D eigenvalue weighted by atomic mass is 19.2. The summed E-state index contributed by atoms with van der Waals surface area (Å²) in [4.78, 5) is 14.1. The van der Waals surface area contributed by atoms with Gasteiger partial charge >= 0.3 is 0 Å². The van der Waals surface area contributed by atoms with Crippen LogP contribution in [0.5, 0.6) is 0 Å². The third-order valence-electron chi connectivity index (χ3n) is 3.51. The van der Waals surface area contributed by atoms with Gasteiger partial charge in [-0.25, -0.2) is 8.78 Å². The van der Waals surface area contributed by atoms with Crippen LogP contribution in [0.2, 0.25) is 0 Å². The fourth-order valence-corrected chi connectivity index (χ4v) is 2.30. The van der Waals surface area contributed by atoms with E-state index in [0.29, 0.717) is 6.54 Å². The molecule has 0 bridgehead atoms. The van der Waals surface area contributed by atoms with Crippen molar-refractivity contribution in [3.8, 4) is 0 Å². The molecule has 1 saturated heterocycles. The summed E-state index contributed by atoms with van der Waals surface area (Å²) in [5, 5.41) is 2.71. The Labute approximate surface area is 110 Å². The molecule has 6 heteroatoms. The van der Waals surface area contributed by atoms with Gasteiger partial charge in [-0.3, -0.25) is 4.79 Å². The molecule has 2 rings (SSSR count). The number of rotatable bonds is 3. The highest BCUT2D eigenvalue weighted by Gasteiger charge is 2.22. The topological polar surface area (TPSA) is 58.4 Å². The average molecular weight is 269 g/mol. The third-order valence-corrected chi connectivity index (χ3v) is 3.51. The van der Waals surface area contributed by atoms with Crippen molar-refractivity contribution < 1.29 is 13.6 Å². The van der Waals surface area contributed by atoms with Crippen molar-refractivity contribution in [3.05, 3.63) is 29.3 Å².